The summed E-state index contributed by atoms with van der Waals surface area (Å²) in [6, 6.07) is 0. The molecule has 2 rings (SSSR count). The number of carbonyl (C=O) groups is 1. The van der Waals surface area contributed by atoms with E-state index in [2.05, 4.69) is 46.8 Å². The van der Waals surface area contributed by atoms with Crippen LogP contribution in [0.15, 0.2) is 12.2 Å². The Morgan fingerprint density at radius 3 is 2.50 bits per heavy atom. The quantitative estimate of drug-likeness (QED) is 0.640. The van der Waals surface area contributed by atoms with Crippen LogP contribution >= 0.6 is 0 Å². The number of carbonyl (C=O) groups excluding carboxylic acids is 1. The van der Waals surface area contributed by atoms with Crippen molar-refractivity contribution >= 4 is 5.78 Å². The standard InChI is InChI=1S/C19H32O/c1-13(2)14(3)8-9-15(4)16-10-11-17-18(20)7-6-12-19(16,17)5/h8-9,13-17H,6-7,10-12H2,1-5H3/t14-,15+,16+,17?,19+/m0/s1. The molecule has 20 heavy (non-hydrogen) atoms. The van der Waals surface area contributed by atoms with Gasteiger partial charge in [-0.2, -0.15) is 0 Å². The van der Waals surface area contributed by atoms with E-state index in [0.717, 1.165) is 19.3 Å². The Bertz CT molecular complexity index is 381. The molecular weight excluding hydrogens is 244 g/mol. The first-order valence-electron chi connectivity index (χ1n) is 8.57. The molecule has 0 aromatic heterocycles. The predicted molar refractivity (Wildman–Crippen MR) is 85.5 cm³/mol. The maximum atomic E-state index is 12.2. The minimum atomic E-state index is 0.278. The molecule has 2 saturated carbocycles. The van der Waals surface area contributed by atoms with Crippen molar-refractivity contribution in [3.8, 4) is 0 Å². The summed E-state index contributed by atoms with van der Waals surface area (Å²) in [4.78, 5) is 12.2. The number of hydrogen-bond acceptors (Lipinski definition) is 1. The van der Waals surface area contributed by atoms with E-state index in [4.69, 9.17) is 0 Å². The highest BCUT2D eigenvalue weighted by atomic mass is 16.1. The fourth-order valence-electron chi connectivity index (χ4n) is 4.54. The molecule has 0 aromatic rings. The van der Waals surface area contributed by atoms with Crippen molar-refractivity contribution < 1.29 is 4.79 Å². The second-order valence-electron chi connectivity index (χ2n) is 7.91. The first kappa shape index (κ1) is 15.8. The molecule has 5 atom stereocenters. The maximum Gasteiger partial charge on any atom is 0.136 e. The molecule has 0 spiro atoms. The first-order chi connectivity index (χ1) is 9.36. The smallest absolute Gasteiger partial charge is 0.136 e. The third kappa shape index (κ3) is 2.87. The monoisotopic (exact) mass is 276 g/mol. The largest absolute Gasteiger partial charge is 0.299 e. The molecule has 1 nitrogen and oxygen atoms in total. The van der Waals surface area contributed by atoms with Crippen LogP contribution in [-0.2, 0) is 4.79 Å². The van der Waals surface area contributed by atoms with Gasteiger partial charge in [0.2, 0.25) is 0 Å². The summed E-state index contributed by atoms with van der Waals surface area (Å²) in [6.07, 6.45) is 10.4. The van der Waals surface area contributed by atoms with Gasteiger partial charge >= 0.3 is 0 Å². The molecule has 0 aliphatic heterocycles. The molecule has 1 heteroatoms. The van der Waals surface area contributed by atoms with Gasteiger partial charge in [-0.15, -0.1) is 0 Å². The summed E-state index contributed by atoms with van der Waals surface area (Å²) in [5, 5.41) is 0. The second kappa shape index (κ2) is 6.03. The number of hydrogen-bond donors (Lipinski definition) is 0. The predicted octanol–water partition coefficient (Wildman–Crippen LogP) is 5.26. The Morgan fingerprint density at radius 1 is 1.15 bits per heavy atom. The zero-order valence-corrected chi connectivity index (χ0v) is 14.0. The molecule has 0 heterocycles. The number of Topliss-reactive ketones (excluding diaryl/α,β-unsaturated/α-hetero) is 1. The number of ketones is 1. The zero-order valence-electron chi connectivity index (χ0n) is 14.0. The van der Waals surface area contributed by atoms with E-state index in [1.54, 1.807) is 0 Å². The van der Waals surface area contributed by atoms with E-state index in [9.17, 15) is 4.79 Å². The fourth-order valence-corrected chi connectivity index (χ4v) is 4.54. The number of allylic oxidation sites excluding steroid dienone is 2. The van der Waals surface area contributed by atoms with Gasteiger partial charge in [-0.1, -0.05) is 46.8 Å². The van der Waals surface area contributed by atoms with Crippen LogP contribution in [-0.4, -0.2) is 5.78 Å². The molecule has 2 aliphatic carbocycles. The Morgan fingerprint density at radius 2 is 1.85 bits per heavy atom. The molecule has 0 N–H and O–H groups in total. The minimum Gasteiger partial charge on any atom is -0.299 e. The van der Waals surface area contributed by atoms with Gasteiger partial charge in [-0.25, -0.2) is 0 Å². The van der Waals surface area contributed by atoms with Gasteiger partial charge in [0, 0.05) is 12.3 Å². The van der Waals surface area contributed by atoms with Gasteiger partial charge in [0.1, 0.15) is 5.78 Å². The van der Waals surface area contributed by atoms with Gasteiger partial charge < -0.3 is 0 Å². The van der Waals surface area contributed by atoms with Gasteiger partial charge in [-0.05, 0) is 54.8 Å². The lowest BCUT2D eigenvalue weighted by Gasteiger charge is -2.41. The van der Waals surface area contributed by atoms with E-state index in [0.29, 0.717) is 35.4 Å². The molecular formula is C19H32O. The third-order valence-electron chi connectivity index (χ3n) is 6.34. The van der Waals surface area contributed by atoms with Crippen molar-refractivity contribution in [1.82, 2.24) is 0 Å². The van der Waals surface area contributed by atoms with Crippen LogP contribution in [0.2, 0.25) is 0 Å². The lowest BCUT2D eigenvalue weighted by atomic mass is 9.62. The summed E-state index contributed by atoms with van der Waals surface area (Å²) in [5.41, 5.74) is 0.278. The lowest BCUT2D eigenvalue weighted by molar-refractivity contribution is -0.129. The fraction of sp³-hybridized carbons (Fsp3) is 0.842. The molecule has 0 aromatic carbocycles. The van der Waals surface area contributed by atoms with E-state index < -0.39 is 0 Å². The highest BCUT2D eigenvalue weighted by molar-refractivity contribution is 5.83. The van der Waals surface area contributed by atoms with Crippen molar-refractivity contribution in [2.45, 2.75) is 66.7 Å². The molecule has 2 fully saturated rings. The Balaban J connectivity index is 2.07. The Kier molecular flexibility index (Phi) is 4.76. The highest BCUT2D eigenvalue weighted by Crippen LogP contribution is 2.56. The SMILES string of the molecule is CC(C)[C@@H](C)C=C[C@@H](C)[C@H]1CCC2C(=O)CCC[C@@]21C. The van der Waals surface area contributed by atoms with Crippen LogP contribution in [0.3, 0.4) is 0 Å². The van der Waals surface area contributed by atoms with Crippen LogP contribution in [0.25, 0.3) is 0 Å². The van der Waals surface area contributed by atoms with Gasteiger partial charge in [0.15, 0.2) is 0 Å². The average Bonchev–Trinajstić information content (AvgIpc) is 2.74. The van der Waals surface area contributed by atoms with Crippen LogP contribution in [0.4, 0.5) is 0 Å². The van der Waals surface area contributed by atoms with Crippen molar-refractivity contribution in [1.29, 1.82) is 0 Å². The summed E-state index contributed by atoms with van der Waals surface area (Å²) >= 11 is 0. The molecule has 0 amide bonds. The molecule has 0 bridgehead atoms. The van der Waals surface area contributed by atoms with Crippen LogP contribution < -0.4 is 0 Å². The summed E-state index contributed by atoms with van der Waals surface area (Å²) in [7, 11) is 0. The van der Waals surface area contributed by atoms with Crippen molar-refractivity contribution in [3.05, 3.63) is 12.2 Å². The Labute approximate surface area is 125 Å². The number of fused-ring (bicyclic) bond motifs is 1. The summed E-state index contributed by atoms with van der Waals surface area (Å²) < 4.78 is 0. The first-order valence-corrected chi connectivity index (χ1v) is 8.57. The van der Waals surface area contributed by atoms with E-state index in [1.807, 2.05) is 0 Å². The third-order valence-corrected chi connectivity index (χ3v) is 6.34. The maximum absolute atomic E-state index is 12.2. The van der Waals surface area contributed by atoms with E-state index >= 15 is 0 Å². The van der Waals surface area contributed by atoms with E-state index in [-0.39, 0.29) is 5.41 Å². The van der Waals surface area contributed by atoms with Gasteiger partial charge in [-0.3, -0.25) is 4.79 Å². The Hall–Kier alpha value is -0.590. The summed E-state index contributed by atoms with van der Waals surface area (Å²) in [5.74, 6) is 3.58. The summed E-state index contributed by atoms with van der Waals surface area (Å²) in [6.45, 7) is 11.6. The number of rotatable bonds is 4. The minimum absolute atomic E-state index is 0.278. The van der Waals surface area contributed by atoms with Crippen LogP contribution in [0.1, 0.15) is 66.7 Å². The van der Waals surface area contributed by atoms with Crippen molar-refractivity contribution in [2.24, 2.45) is 35.0 Å². The molecule has 2 aliphatic rings. The lowest BCUT2D eigenvalue weighted by Crippen LogP contribution is -2.39. The van der Waals surface area contributed by atoms with E-state index in [1.165, 1.54) is 12.8 Å². The van der Waals surface area contributed by atoms with Crippen LogP contribution in [0.5, 0.6) is 0 Å². The van der Waals surface area contributed by atoms with Crippen molar-refractivity contribution in [2.75, 3.05) is 0 Å². The molecule has 0 radical (unpaired) electrons. The normalized spacial score (nSPS) is 37.4. The highest BCUT2D eigenvalue weighted by Gasteiger charge is 2.51. The average molecular weight is 276 g/mol. The van der Waals surface area contributed by atoms with Gasteiger partial charge in [0.05, 0.1) is 0 Å². The van der Waals surface area contributed by atoms with Gasteiger partial charge in [0.25, 0.3) is 0 Å². The zero-order chi connectivity index (χ0) is 14.9. The molecule has 0 saturated heterocycles. The molecule has 114 valence electrons. The van der Waals surface area contributed by atoms with Crippen molar-refractivity contribution in [3.63, 3.8) is 0 Å². The van der Waals surface area contributed by atoms with Crippen LogP contribution in [0, 0.1) is 35.0 Å². The topological polar surface area (TPSA) is 17.1 Å². The second-order valence-corrected chi connectivity index (χ2v) is 7.91. The molecule has 1 unspecified atom stereocenters.